The van der Waals surface area contributed by atoms with E-state index in [0.717, 1.165) is 6.07 Å². The van der Waals surface area contributed by atoms with Crippen molar-refractivity contribution in [2.24, 2.45) is 0 Å². The molecule has 0 fully saturated rings. The van der Waals surface area contributed by atoms with Gasteiger partial charge in [0.2, 0.25) is 0 Å². The third kappa shape index (κ3) is 4.39. The minimum absolute atomic E-state index is 0.0939. The fourth-order valence-electron chi connectivity index (χ4n) is 1.88. The summed E-state index contributed by atoms with van der Waals surface area (Å²) in [6.45, 7) is 0.832. The Labute approximate surface area is 142 Å². The van der Waals surface area contributed by atoms with Crippen LogP contribution >= 0.6 is 11.6 Å². The smallest absolute Gasteiger partial charge is 0.343 e. The molecule has 2 aromatic carbocycles. The molecule has 0 bridgehead atoms. The number of halogens is 2. The zero-order valence-electron chi connectivity index (χ0n) is 12.6. The number of hydrogen-bond acceptors (Lipinski definition) is 4. The first-order valence-corrected chi connectivity index (χ1v) is 7.28. The summed E-state index contributed by atoms with van der Waals surface area (Å²) in [5.74, 6) is -2.55. The second kappa shape index (κ2) is 7.70. The molecule has 0 heterocycles. The molecule has 0 saturated heterocycles. The Balaban J connectivity index is 1.93. The van der Waals surface area contributed by atoms with Crippen molar-refractivity contribution >= 4 is 34.9 Å². The van der Waals surface area contributed by atoms with Gasteiger partial charge in [0.25, 0.3) is 5.91 Å². The van der Waals surface area contributed by atoms with E-state index in [4.69, 9.17) is 16.3 Å². The molecule has 2 rings (SSSR count). The Hall–Kier alpha value is -2.73. The van der Waals surface area contributed by atoms with Crippen LogP contribution in [0.1, 0.15) is 27.6 Å². The van der Waals surface area contributed by atoms with Crippen LogP contribution < -0.4 is 5.32 Å². The Morgan fingerprint density at radius 2 is 1.79 bits per heavy atom. The summed E-state index contributed by atoms with van der Waals surface area (Å²) in [6.07, 6.45) is 0. The molecule has 1 amide bonds. The van der Waals surface area contributed by atoms with E-state index in [1.807, 2.05) is 0 Å². The lowest BCUT2D eigenvalue weighted by molar-refractivity contribution is -0.119. The summed E-state index contributed by atoms with van der Waals surface area (Å²) in [5, 5.41) is 2.39. The van der Waals surface area contributed by atoms with Crippen molar-refractivity contribution in [3.05, 3.63) is 64.4 Å². The number of nitrogens with one attached hydrogen (secondary N) is 1. The van der Waals surface area contributed by atoms with Crippen LogP contribution in [0, 0.1) is 5.82 Å². The van der Waals surface area contributed by atoms with Crippen LogP contribution in [0.2, 0.25) is 5.02 Å². The average molecular weight is 350 g/mol. The first-order chi connectivity index (χ1) is 11.4. The highest BCUT2D eigenvalue weighted by Crippen LogP contribution is 2.19. The maximum absolute atomic E-state index is 13.6. The summed E-state index contributed by atoms with van der Waals surface area (Å²) in [7, 11) is 0. The Bertz CT molecular complexity index is 769. The molecular weight excluding hydrogens is 337 g/mol. The Morgan fingerprint density at radius 3 is 2.38 bits per heavy atom. The van der Waals surface area contributed by atoms with E-state index in [1.165, 1.54) is 19.1 Å². The molecule has 7 heteroatoms. The number of rotatable bonds is 5. The monoisotopic (exact) mass is 349 g/mol. The first kappa shape index (κ1) is 17.6. The summed E-state index contributed by atoms with van der Waals surface area (Å²) in [5.41, 5.74) is 0.524. The standard InChI is InChI=1S/C17H13ClFNO4/c1-10(21)11-5-7-12(8-6-11)20-15(22)9-24-17(23)16-13(18)3-2-4-14(16)19/h2-8H,9H2,1H3,(H,20,22). The third-order valence-electron chi connectivity index (χ3n) is 3.08. The molecule has 2 aromatic rings. The molecule has 0 spiro atoms. The normalized spacial score (nSPS) is 10.1. The molecule has 0 saturated carbocycles. The lowest BCUT2D eigenvalue weighted by atomic mass is 10.1. The lowest BCUT2D eigenvalue weighted by Gasteiger charge is -2.08. The highest BCUT2D eigenvalue weighted by molar-refractivity contribution is 6.33. The van der Waals surface area contributed by atoms with Gasteiger partial charge in [-0.2, -0.15) is 0 Å². The van der Waals surface area contributed by atoms with Crippen LogP contribution in [0.4, 0.5) is 10.1 Å². The number of hydrogen-bond donors (Lipinski definition) is 1. The fraction of sp³-hybridized carbons (Fsp3) is 0.118. The highest BCUT2D eigenvalue weighted by Gasteiger charge is 2.18. The Morgan fingerprint density at radius 1 is 1.12 bits per heavy atom. The third-order valence-corrected chi connectivity index (χ3v) is 3.39. The van der Waals surface area contributed by atoms with Crippen LogP contribution in [-0.4, -0.2) is 24.3 Å². The second-order valence-electron chi connectivity index (χ2n) is 4.85. The van der Waals surface area contributed by atoms with E-state index in [0.29, 0.717) is 11.3 Å². The van der Waals surface area contributed by atoms with Gasteiger partial charge in [-0.3, -0.25) is 9.59 Å². The number of Topliss-reactive ketones (excluding diaryl/α,β-unsaturated/α-hetero) is 1. The van der Waals surface area contributed by atoms with Crippen LogP contribution in [0.25, 0.3) is 0 Å². The van der Waals surface area contributed by atoms with Crippen molar-refractivity contribution in [2.45, 2.75) is 6.92 Å². The maximum Gasteiger partial charge on any atom is 0.343 e. The fourth-order valence-corrected chi connectivity index (χ4v) is 2.12. The lowest BCUT2D eigenvalue weighted by Crippen LogP contribution is -2.21. The van der Waals surface area contributed by atoms with Crippen LogP contribution in [0.3, 0.4) is 0 Å². The minimum Gasteiger partial charge on any atom is -0.452 e. The quantitative estimate of drug-likeness (QED) is 0.662. The molecule has 0 aliphatic rings. The van der Waals surface area contributed by atoms with E-state index in [2.05, 4.69) is 5.32 Å². The van der Waals surface area contributed by atoms with Gasteiger partial charge in [0.1, 0.15) is 11.4 Å². The van der Waals surface area contributed by atoms with Crippen molar-refractivity contribution < 1.29 is 23.5 Å². The summed E-state index contributed by atoms with van der Waals surface area (Å²) >= 11 is 5.74. The number of amides is 1. The number of carbonyl (C=O) groups excluding carboxylic acids is 3. The van der Waals surface area contributed by atoms with Gasteiger partial charge in [-0.25, -0.2) is 9.18 Å². The molecule has 1 N–H and O–H groups in total. The van der Waals surface area contributed by atoms with Crippen molar-refractivity contribution in [1.82, 2.24) is 0 Å². The van der Waals surface area contributed by atoms with Gasteiger partial charge < -0.3 is 10.1 Å². The van der Waals surface area contributed by atoms with Gasteiger partial charge in [0.05, 0.1) is 5.02 Å². The topological polar surface area (TPSA) is 72.5 Å². The zero-order valence-corrected chi connectivity index (χ0v) is 13.4. The average Bonchev–Trinajstić information content (AvgIpc) is 2.53. The van der Waals surface area contributed by atoms with Crippen molar-refractivity contribution in [2.75, 3.05) is 11.9 Å². The van der Waals surface area contributed by atoms with Crippen molar-refractivity contribution in [3.63, 3.8) is 0 Å². The van der Waals surface area contributed by atoms with Crippen LogP contribution in [0.15, 0.2) is 42.5 Å². The van der Waals surface area contributed by atoms with E-state index in [-0.39, 0.29) is 10.8 Å². The maximum atomic E-state index is 13.6. The molecule has 5 nitrogen and oxygen atoms in total. The predicted molar refractivity (Wildman–Crippen MR) is 86.8 cm³/mol. The largest absolute Gasteiger partial charge is 0.452 e. The number of esters is 1. The van der Waals surface area contributed by atoms with E-state index >= 15 is 0 Å². The van der Waals surface area contributed by atoms with Gasteiger partial charge in [-0.15, -0.1) is 0 Å². The van der Waals surface area contributed by atoms with Crippen molar-refractivity contribution in [3.8, 4) is 0 Å². The Kier molecular flexibility index (Phi) is 5.65. The molecule has 24 heavy (non-hydrogen) atoms. The summed E-state index contributed by atoms with van der Waals surface area (Å²) in [4.78, 5) is 34.7. The van der Waals surface area contributed by atoms with Crippen LogP contribution in [-0.2, 0) is 9.53 Å². The molecular formula is C17H13ClFNO4. The predicted octanol–water partition coefficient (Wildman–Crippen LogP) is 3.48. The van der Waals surface area contributed by atoms with E-state index < -0.39 is 29.9 Å². The van der Waals surface area contributed by atoms with Gasteiger partial charge in [-0.1, -0.05) is 17.7 Å². The molecule has 0 aromatic heterocycles. The van der Waals surface area contributed by atoms with Crippen LogP contribution in [0.5, 0.6) is 0 Å². The van der Waals surface area contributed by atoms with Gasteiger partial charge >= 0.3 is 5.97 Å². The number of ether oxygens (including phenoxy) is 1. The van der Waals surface area contributed by atoms with E-state index in [9.17, 15) is 18.8 Å². The van der Waals surface area contributed by atoms with Crippen molar-refractivity contribution in [1.29, 1.82) is 0 Å². The molecule has 0 radical (unpaired) electrons. The molecule has 0 aliphatic heterocycles. The SMILES string of the molecule is CC(=O)c1ccc(NC(=O)COC(=O)c2c(F)cccc2Cl)cc1. The highest BCUT2D eigenvalue weighted by atomic mass is 35.5. The molecule has 0 aliphatic carbocycles. The number of carbonyl (C=O) groups is 3. The summed E-state index contributed by atoms with van der Waals surface area (Å²) < 4.78 is 18.3. The number of ketones is 1. The zero-order chi connectivity index (χ0) is 17.7. The molecule has 0 unspecified atom stereocenters. The molecule has 0 atom stereocenters. The minimum atomic E-state index is -1.03. The van der Waals surface area contributed by atoms with Gasteiger partial charge in [0, 0.05) is 11.3 Å². The summed E-state index contributed by atoms with van der Waals surface area (Å²) in [6, 6.07) is 9.98. The van der Waals surface area contributed by atoms with Gasteiger partial charge in [-0.05, 0) is 43.3 Å². The van der Waals surface area contributed by atoms with E-state index in [1.54, 1.807) is 24.3 Å². The molecule has 124 valence electrons. The number of benzene rings is 2. The number of anilines is 1. The second-order valence-corrected chi connectivity index (χ2v) is 5.26. The first-order valence-electron chi connectivity index (χ1n) is 6.90. The van der Waals surface area contributed by atoms with Gasteiger partial charge in [0.15, 0.2) is 12.4 Å².